The van der Waals surface area contributed by atoms with E-state index in [4.69, 9.17) is 0 Å². The molecule has 0 unspecified atom stereocenters. The Morgan fingerprint density at radius 1 is 0.322 bits per heavy atom. The molecular weight excluding hydrogens is 713 g/mol. The Hall–Kier alpha value is -6.64. The summed E-state index contributed by atoms with van der Waals surface area (Å²) in [6, 6.07) is 64.2. The van der Waals surface area contributed by atoms with Crippen LogP contribution in [0.2, 0.25) is 0 Å². The molecule has 9 aromatic rings. The van der Waals surface area contributed by atoms with Gasteiger partial charge in [0.15, 0.2) is 0 Å². The highest BCUT2D eigenvalue weighted by molar-refractivity contribution is 6.13. The number of hydrogen-bond acceptors (Lipinski definition) is 1. The fourth-order valence-corrected chi connectivity index (χ4v) is 11.2. The minimum Gasteiger partial charge on any atom is -0.310 e. The molecule has 0 fully saturated rings. The van der Waals surface area contributed by atoms with Gasteiger partial charge in [0.1, 0.15) is 0 Å². The van der Waals surface area contributed by atoms with Crippen molar-refractivity contribution in [3.63, 3.8) is 0 Å². The molecule has 0 saturated heterocycles. The van der Waals surface area contributed by atoms with Gasteiger partial charge in [-0.25, -0.2) is 0 Å². The number of hydrogen-bond donors (Lipinski definition) is 0. The lowest BCUT2D eigenvalue weighted by Crippen LogP contribution is -2.30. The van der Waals surface area contributed by atoms with Crippen molar-refractivity contribution in [3.05, 3.63) is 203 Å². The van der Waals surface area contributed by atoms with Gasteiger partial charge in [0.05, 0.1) is 22.4 Å². The fraction of sp³-hybridized carbons (Fsp3) is 0.158. The fourth-order valence-electron chi connectivity index (χ4n) is 11.2. The molecule has 3 aliphatic rings. The molecule has 0 N–H and O–H groups in total. The lowest BCUT2D eigenvalue weighted by molar-refractivity contribution is 0.632. The van der Waals surface area contributed by atoms with Crippen molar-refractivity contribution in [2.45, 2.75) is 57.8 Å². The van der Waals surface area contributed by atoms with Gasteiger partial charge >= 0.3 is 0 Å². The lowest BCUT2D eigenvalue weighted by Gasteiger charge is -2.42. The van der Waals surface area contributed by atoms with Crippen LogP contribution in [0, 0.1) is 0 Å². The number of nitrogens with zero attached hydrogens (tertiary/aromatic N) is 2. The Kier molecular flexibility index (Phi) is 6.84. The summed E-state index contributed by atoms with van der Waals surface area (Å²) in [7, 11) is 0. The molecule has 0 spiro atoms. The SMILES string of the molecule is CC1(C)c2ccccc2-c2ccc(N3c4ccccc4C(C)(C)c4cc(-c5ccc6c(c5)c5cc7c(cc5n6-c5ccccc5)C(C)(C)c5ccccc5-7)ccc43)cc21. The van der Waals surface area contributed by atoms with Crippen molar-refractivity contribution in [1.29, 1.82) is 0 Å². The van der Waals surface area contributed by atoms with Crippen molar-refractivity contribution in [2.24, 2.45) is 0 Å². The maximum absolute atomic E-state index is 2.51. The van der Waals surface area contributed by atoms with Crippen molar-refractivity contribution in [3.8, 4) is 39.1 Å². The Morgan fingerprint density at radius 2 is 0.864 bits per heavy atom. The summed E-state index contributed by atoms with van der Waals surface area (Å²) in [6.07, 6.45) is 0. The van der Waals surface area contributed by atoms with Crippen LogP contribution in [0.15, 0.2) is 170 Å². The predicted molar refractivity (Wildman–Crippen MR) is 248 cm³/mol. The summed E-state index contributed by atoms with van der Waals surface area (Å²) < 4.78 is 2.47. The summed E-state index contributed by atoms with van der Waals surface area (Å²) >= 11 is 0. The van der Waals surface area contributed by atoms with Crippen molar-refractivity contribution in [1.82, 2.24) is 4.57 Å². The second kappa shape index (κ2) is 11.7. The first kappa shape index (κ1) is 34.4. The van der Waals surface area contributed by atoms with Gasteiger partial charge < -0.3 is 9.47 Å². The Bertz CT molecular complexity index is 3250. The maximum Gasteiger partial charge on any atom is 0.0544 e. The number of rotatable bonds is 3. The van der Waals surface area contributed by atoms with Crippen LogP contribution in [-0.4, -0.2) is 4.57 Å². The lowest BCUT2D eigenvalue weighted by atomic mass is 9.72. The summed E-state index contributed by atoms with van der Waals surface area (Å²) in [5.41, 5.74) is 23.1. The monoisotopic (exact) mass is 758 g/mol. The van der Waals surface area contributed by atoms with Crippen LogP contribution < -0.4 is 4.90 Å². The second-order valence-electron chi connectivity index (χ2n) is 18.6. The van der Waals surface area contributed by atoms with E-state index in [1.165, 1.54) is 111 Å². The third kappa shape index (κ3) is 4.58. The van der Waals surface area contributed by atoms with E-state index < -0.39 is 0 Å². The van der Waals surface area contributed by atoms with Gasteiger partial charge in [-0.05, 0) is 133 Å². The minimum atomic E-state index is -0.209. The third-order valence-electron chi connectivity index (χ3n) is 14.4. The zero-order valence-corrected chi connectivity index (χ0v) is 34.6. The molecule has 2 aliphatic carbocycles. The van der Waals surface area contributed by atoms with Crippen LogP contribution in [0.25, 0.3) is 60.9 Å². The van der Waals surface area contributed by atoms with Crippen molar-refractivity contribution in [2.75, 3.05) is 4.90 Å². The second-order valence-corrected chi connectivity index (χ2v) is 18.6. The topological polar surface area (TPSA) is 8.17 Å². The van der Waals surface area contributed by atoms with E-state index in [1.807, 2.05) is 0 Å². The van der Waals surface area contributed by atoms with E-state index in [2.05, 4.69) is 221 Å². The highest BCUT2D eigenvalue weighted by Crippen LogP contribution is 2.56. The number of aromatic nitrogens is 1. The first-order valence-corrected chi connectivity index (χ1v) is 21.1. The summed E-state index contributed by atoms with van der Waals surface area (Å²) in [4.78, 5) is 2.51. The van der Waals surface area contributed by atoms with Gasteiger partial charge in [0.25, 0.3) is 0 Å². The molecule has 284 valence electrons. The Morgan fingerprint density at radius 3 is 1.61 bits per heavy atom. The van der Waals surface area contributed by atoms with Crippen LogP contribution in [0.3, 0.4) is 0 Å². The summed E-state index contributed by atoms with van der Waals surface area (Å²) in [5, 5.41) is 2.56. The summed E-state index contributed by atoms with van der Waals surface area (Å²) in [5.74, 6) is 0. The zero-order chi connectivity index (χ0) is 40.0. The van der Waals surface area contributed by atoms with E-state index in [0.29, 0.717) is 0 Å². The molecular formula is C57H46N2. The normalized spacial score (nSPS) is 16.0. The first-order chi connectivity index (χ1) is 28.5. The van der Waals surface area contributed by atoms with Crippen LogP contribution in [0.4, 0.5) is 17.1 Å². The van der Waals surface area contributed by atoms with E-state index in [9.17, 15) is 0 Å². The van der Waals surface area contributed by atoms with Gasteiger partial charge in [-0.15, -0.1) is 0 Å². The average Bonchev–Trinajstić information content (AvgIpc) is 3.79. The van der Waals surface area contributed by atoms with Gasteiger partial charge in [-0.2, -0.15) is 0 Å². The largest absolute Gasteiger partial charge is 0.310 e. The molecule has 59 heavy (non-hydrogen) atoms. The molecule has 0 atom stereocenters. The number of para-hydroxylation sites is 2. The van der Waals surface area contributed by atoms with Gasteiger partial charge in [0, 0.05) is 38.4 Å². The van der Waals surface area contributed by atoms with E-state index in [0.717, 1.165) is 0 Å². The van der Waals surface area contributed by atoms with Crippen molar-refractivity contribution < 1.29 is 0 Å². The van der Waals surface area contributed by atoms with Gasteiger partial charge in [-0.3, -0.25) is 0 Å². The van der Waals surface area contributed by atoms with E-state index in [1.54, 1.807) is 0 Å². The van der Waals surface area contributed by atoms with Crippen LogP contribution in [0.1, 0.15) is 74.9 Å². The average molecular weight is 759 g/mol. The predicted octanol–water partition coefficient (Wildman–Crippen LogP) is 15.2. The molecule has 1 aromatic heterocycles. The third-order valence-corrected chi connectivity index (χ3v) is 14.4. The van der Waals surface area contributed by atoms with Crippen LogP contribution in [-0.2, 0) is 16.2 Å². The molecule has 2 heterocycles. The van der Waals surface area contributed by atoms with Gasteiger partial charge in [0.2, 0.25) is 0 Å². The van der Waals surface area contributed by atoms with Crippen LogP contribution >= 0.6 is 0 Å². The van der Waals surface area contributed by atoms with Crippen molar-refractivity contribution >= 4 is 38.9 Å². The molecule has 0 saturated carbocycles. The molecule has 2 nitrogen and oxygen atoms in total. The quantitative estimate of drug-likeness (QED) is 0.174. The number of anilines is 3. The molecule has 0 radical (unpaired) electrons. The van der Waals surface area contributed by atoms with Gasteiger partial charge in [-0.1, -0.05) is 145 Å². The number of benzene rings is 8. The molecule has 0 amide bonds. The Labute approximate surface area is 347 Å². The molecule has 12 rings (SSSR count). The Balaban J connectivity index is 1.04. The van der Waals surface area contributed by atoms with Crippen LogP contribution in [0.5, 0.6) is 0 Å². The minimum absolute atomic E-state index is 0.0767. The highest BCUT2D eigenvalue weighted by Gasteiger charge is 2.40. The molecule has 8 aromatic carbocycles. The summed E-state index contributed by atoms with van der Waals surface area (Å²) in [6.45, 7) is 14.3. The van der Waals surface area contributed by atoms with E-state index in [-0.39, 0.29) is 16.2 Å². The molecule has 0 bridgehead atoms. The molecule has 2 heteroatoms. The maximum atomic E-state index is 2.51. The number of fused-ring (bicyclic) bond motifs is 11. The van der Waals surface area contributed by atoms with E-state index >= 15 is 0 Å². The standard InChI is InChI=1S/C57H46N2/c1-55(2)45-20-12-10-18-39(45)41-27-26-38(32-48(41)55)59-52-23-15-14-22-47(52)57(5,6)50-31-36(25-29-53(50)59)35-24-28-51-43(30-35)44-33-42-40-19-11-13-21-46(40)56(3,4)49(42)34-54(44)58(51)37-16-8-7-9-17-37/h7-34H,1-6H3. The smallest absolute Gasteiger partial charge is 0.0544 e. The first-order valence-electron chi connectivity index (χ1n) is 21.1. The zero-order valence-electron chi connectivity index (χ0n) is 34.6. The highest BCUT2D eigenvalue weighted by atomic mass is 15.2. The molecule has 1 aliphatic heterocycles.